The van der Waals surface area contributed by atoms with E-state index in [0.29, 0.717) is 19.4 Å². The zero-order valence-corrected chi connectivity index (χ0v) is 11.2. The lowest BCUT2D eigenvalue weighted by molar-refractivity contribution is -0.121. The monoisotopic (exact) mass is 258 g/mol. The highest BCUT2D eigenvalue weighted by atomic mass is 16.1. The first kappa shape index (κ1) is 13.3. The van der Waals surface area contributed by atoms with Crippen LogP contribution in [0.4, 0.5) is 0 Å². The first-order valence-electron chi connectivity index (χ1n) is 6.33. The lowest BCUT2D eigenvalue weighted by Crippen LogP contribution is -2.23. The van der Waals surface area contributed by atoms with E-state index in [2.05, 4.69) is 20.5 Å². The Hall–Kier alpha value is -2.17. The third-order valence-electron chi connectivity index (χ3n) is 3.18. The lowest BCUT2D eigenvalue weighted by atomic mass is 10.1. The topological polar surface area (TPSA) is 70.7 Å². The molecule has 2 rings (SSSR count). The van der Waals surface area contributed by atoms with E-state index in [1.54, 1.807) is 12.4 Å². The Morgan fingerprint density at radius 2 is 2.05 bits per heavy atom. The summed E-state index contributed by atoms with van der Waals surface area (Å²) in [6.45, 7) is 4.54. The fourth-order valence-corrected chi connectivity index (χ4v) is 1.80. The number of rotatable bonds is 5. The molecule has 1 amide bonds. The highest BCUT2D eigenvalue weighted by molar-refractivity contribution is 5.76. The fourth-order valence-electron chi connectivity index (χ4n) is 1.80. The molecule has 5 nitrogen and oxygen atoms in total. The number of H-pyrrole nitrogens is 1. The van der Waals surface area contributed by atoms with Crippen LogP contribution in [0.25, 0.3) is 0 Å². The van der Waals surface area contributed by atoms with Gasteiger partial charge in [0, 0.05) is 37.5 Å². The molecule has 0 aliphatic heterocycles. The van der Waals surface area contributed by atoms with Crippen molar-refractivity contribution in [2.75, 3.05) is 0 Å². The van der Waals surface area contributed by atoms with Crippen LogP contribution < -0.4 is 5.32 Å². The average molecular weight is 258 g/mol. The summed E-state index contributed by atoms with van der Waals surface area (Å²) in [5, 5.41) is 10.0. The van der Waals surface area contributed by atoms with Crippen LogP contribution in [0.3, 0.4) is 0 Å². The van der Waals surface area contributed by atoms with Crippen LogP contribution in [-0.4, -0.2) is 21.1 Å². The zero-order chi connectivity index (χ0) is 13.7. The Balaban J connectivity index is 1.78. The van der Waals surface area contributed by atoms with Gasteiger partial charge >= 0.3 is 0 Å². The highest BCUT2D eigenvalue weighted by Crippen LogP contribution is 2.10. The summed E-state index contributed by atoms with van der Waals surface area (Å²) in [7, 11) is 0. The number of nitrogens with one attached hydrogen (secondary N) is 2. The summed E-state index contributed by atoms with van der Waals surface area (Å²) in [6.07, 6.45) is 4.56. The molecule has 0 unspecified atom stereocenters. The van der Waals surface area contributed by atoms with Gasteiger partial charge in [-0.2, -0.15) is 5.10 Å². The molecule has 0 radical (unpaired) electrons. The van der Waals surface area contributed by atoms with Crippen LogP contribution in [0.15, 0.2) is 24.5 Å². The quantitative estimate of drug-likeness (QED) is 0.857. The van der Waals surface area contributed by atoms with Crippen LogP contribution in [0.5, 0.6) is 0 Å². The molecule has 0 bridgehead atoms. The number of amides is 1. The summed E-state index contributed by atoms with van der Waals surface area (Å²) in [5.41, 5.74) is 4.22. The number of pyridine rings is 1. The number of aromatic amines is 1. The lowest BCUT2D eigenvalue weighted by Gasteiger charge is -2.04. The molecule has 5 heteroatoms. The molecule has 0 saturated carbocycles. The Morgan fingerprint density at radius 3 is 2.68 bits per heavy atom. The molecule has 2 aromatic rings. The molecule has 0 aliphatic rings. The van der Waals surface area contributed by atoms with Crippen molar-refractivity contribution in [2.45, 2.75) is 33.2 Å². The number of aryl methyl sites for hydroxylation is 2. The van der Waals surface area contributed by atoms with Crippen molar-refractivity contribution in [3.05, 3.63) is 47.0 Å². The van der Waals surface area contributed by atoms with E-state index in [1.165, 1.54) is 0 Å². The smallest absolute Gasteiger partial charge is 0.220 e. The number of carbonyl (C=O) groups excluding carboxylic acids is 1. The number of carbonyl (C=O) groups is 1. The van der Waals surface area contributed by atoms with Gasteiger partial charge in [0.25, 0.3) is 0 Å². The highest BCUT2D eigenvalue weighted by Gasteiger charge is 2.08. The van der Waals surface area contributed by atoms with Crippen molar-refractivity contribution in [1.29, 1.82) is 0 Å². The van der Waals surface area contributed by atoms with Crippen molar-refractivity contribution >= 4 is 5.91 Å². The first-order chi connectivity index (χ1) is 9.16. The third kappa shape index (κ3) is 3.64. The number of nitrogens with zero attached hydrogens (tertiary/aromatic N) is 2. The van der Waals surface area contributed by atoms with Crippen LogP contribution in [-0.2, 0) is 17.8 Å². The molecule has 0 fully saturated rings. The van der Waals surface area contributed by atoms with Crippen LogP contribution in [0.1, 0.15) is 28.9 Å². The first-order valence-corrected chi connectivity index (χ1v) is 6.33. The molecule has 0 atom stereocenters. The van der Waals surface area contributed by atoms with Crippen LogP contribution in [0, 0.1) is 13.8 Å². The van der Waals surface area contributed by atoms with Gasteiger partial charge in [0.05, 0.1) is 5.69 Å². The van der Waals surface area contributed by atoms with Gasteiger partial charge in [-0.1, -0.05) is 0 Å². The standard InChI is InChI=1S/C14H18N4O/c1-10-11(2)17-18-13(10)3-4-14(19)16-9-12-5-7-15-8-6-12/h5-8H,3-4,9H2,1-2H3,(H,16,19)(H,17,18). The molecular weight excluding hydrogens is 240 g/mol. The second-order valence-corrected chi connectivity index (χ2v) is 4.55. The minimum Gasteiger partial charge on any atom is -0.352 e. The SMILES string of the molecule is Cc1[nH]nc(CCC(=O)NCc2ccncc2)c1C. The van der Waals surface area contributed by atoms with Crippen molar-refractivity contribution in [2.24, 2.45) is 0 Å². The van der Waals surface area contributed by atoms with Gasteiger partial charge in [-0.3, -0.25) is 14.9 Å². The molecule has 2 heterocycles. The average Bonchev–Trinajstić information content (AvgIpc) is 2.75. The van der Waals surface area contributed by atoms with Gasteiger partial charge in [0.2, 0.25) is 5.91 Å². The molecule has 0 spiro atoms. The van der Waals surface area contributed by atoms with E-state index >= 15 is 0 Å². The summed E-state index contributed by atoms with van der Waals surface area (Å²) in [6, 6.07) is 3.78. The summed E-state index contributed by atoms with van der Waals surface area (Å²) in [4.78, 5) is 15.7. The largest absolute Gasteiger partial charge is 0.352 e. The van der Waals surface area contributed by atoms with E-state index in [-0.39, 0.29) is 5.91 Å². The van der Waals surface area contributed by atoms with Gasteiger partial charge in [0.15, 0.2) is 0 Å². The Morgan fingerprint density at radius 1 is 1.32 bits per heavy atom. The summed E-state index contributed by atoms with van der Waals surface area (Å²) >= 11 is 0. The summed E-state index contributed by atoms with van der Waals surface area (Å²) in [5.74, 6) is 0.0388. The molecule has 0 aromatic carbocycles. The maximum atomic E-state index is 11.7. The van der Waals surface area contributed by atoms with Crippen molar-refractivity contribution < 1.29 is 4.79 Å². The van der Waals surface area contributed by atoms with E-state index in [1.807, 2.05) is 26.0 Å². The zero-order valence-electron chi connectivity index (χ0n) is 11.2. The molecule has 19 heavy (non-hydrogen) atoms. The molecule has 100 valence electrons. The van der Waals surface area contributed by atoms with Crippen molar-refractivity contribution in [3.63, 3.8) is 0 Å². The maximum absolute atomic E-state index is 11.7. The van der Waals surface area contributed by atoms with E-state index < -0.39 is 0 Å². The molecule has 0 aliphatic carbocycles. The van der Waals surface area contributed by atoms with E-state index in [4.69, 9.17) is 0 Å². The van der Waals surface area contributed by atoms with Crippen molar-refractivity contribution in [3.8, 4) is 0 Å². The van der Waals surface area contributed by atoms with E-state index in [9.17, 15) is 4.79 Å². The molecular formula is C14H18N4O. The second kappa shape index (κ2) is 6.13. The van der Waals surface area contributed by atoms with Gasteiger partial charge < -0.3 is 5.32 Å². The normalized spacial score (nSPS) is 10.4. The van der Waals surface area contributed by atoms with Crippen molar-refractivity contribution in [1.82, 2.24) is 20.5 Å². The minimum absolute atomic E-state index is 0.0388. The van der Waals surface area contributed by atoms with Gasteiger partial charge in [-0.25, -0.2) is 0 Å². The molecule has 0 saturated heterocycles. The van der Waals surface area contributed by atoms with E-state index in [0.717, 1.165) is 22.5 Å². The number of aromatic nitrogens is 3. The number of hydrogen-bond donors (Lipinski definition) is 2. The minimum atomic E-state index is 0.0388. The molecule has 2 aromatic heterocycles. The van der Waals surface area contributed by atoms with Gasteiger partial charge in [-0.05, 0) is 37.1 Å². The maximum Gasteiger partial charge on any atom is 0.220 e. The predicted octanol–water partition coefficient (Wildman–Crippen LogP) is 1.67. The predicted molar refractivity (Wildman–Crippen MR) is 72.5 cm³/mol. The van der Waals surface area contributed by atoms with Gasteiger partial charge in [0.1, 0.15) is 0 Å². The Kier molecular flexibility index (Phi) is 4.28. The van der Waals surface area contributed by atoms with Crippen LogP contribution >= 0.6 is 0 Å². The third-order valence-corrected chi connectivity index (χ3v) is 3.18. The second-order valence-electron chi connectivity index (χ2n) is 4.55. The molecule has 2 N–H and O–H groups in total. The Labute approximate surface area is 112 Å². The van der Waals surface area contributed by atoms with Crippen LogP contribution in [0.2, 0.25) is 0 Å². The Bertz CT molecular complexity index is 548. The van der Waals surface area contributed by atoms with Gasteiger partial charge in [-0.15, -0.1) is 0 Å². The number of hydrogen-bond acceptors (Lipinski definition) is 3. The fraction of sp³-hybridized carbons (Fsp3) is 0.357. The summed E-state index contributed by atoms with van der Waals surface area (Å²) < 4.78 is 0.